The Morgan fingerprint density at radius 1 is 0.406 bits per heavy atom. The molecule has 0 heterocycles. The number of esters is 1. The minimum absolute atomic E-state index is 0.0161. The Hall–Kier alpha value is -1.92. The Labute approximate surface area is 430 Å². The lowest BCUT2D eigenvalue weighted by Gasteiger charge is -2.22. The van der Waals surface area contributed by atoms with Crippen LogP contribution in [0.15, 0.2) is 36.5 Å². The molecule has 6 nitrogen and oxygen atoms in total. The van der Waals surface area contributed by atoms with E-state index < -0.39 is 12.1 Å². The number of rotatable bonds is 57. The Morgan fingerprint density at radius 2 is 0.739 bits per heavy atom. The van der Waals surface area contributed by atoms with Gasteiger partial charge >= 0.3 is 5.97 Å². The highest BCUT2D eigenvalue weighted by molar-refractivity contribution is 5.76. The van der Waals surface area contributed by atoms with Gasteiger partial charge in [0, 0.05) is 12.8 Å². The van der Waals surface area contributed by atoms with Crippen molar-refractivity contribution >= 4 is 11.9 Å². The first-order valence-corrected chi connectivity index (χ1v) is 30.7. The summed E-state index contributed by atoms with van der Waals surface area (Å²) < 4.78 is 5.46. The van der Waals surface area contributed by atoms with E-state index in [1.165, 1.54) is 231 Å². The summed E-state index contributed by atoms with van der Waals surface area (Å²) in [6.45, 7) is 4.90. The molecule has 0 bridgehead atoms. The van der Waals surface area contributed by atoms with Gasteiger partial charge in [-0.1, -0.05) is 275 Å². The molecule has 6 heteroatoms. The lowest BCUT2D eigenvalue weighted by molar-refractivity contribution is -0.143. The standard InChI is InChI=1S/C63H119NO5/c1-3-5-7-9-11-13-15-17-19-20-21-22-23-25-28-31-35-39-43-47-51-55-61(66)60(59-65)64-62(67)56-52-48-44-40-36-32-29-26-24-27-30-34-38-42-46-50-54-58-69-63(68)57-53-49-45-41-37-33-18-16-14-12-10-8-6-4-2/h10,12,16,18,24,27,60-61,65-66H,3-9,11,13-15,17,19-23,25-26,28-59H2,1-2H3,(H,64,67)/b12-10-,18-16-,27-24-. The van der Waals surface area contributed by atoms with Crippen LogP contribution < -0.4 is 5.32 Å². The van der Waals surface area contributed by atoms with Crippen molar-refractivity contribution in [2.75, 3.05) is 13.2 Å². The van der Waals surface area contributed by atoms with Gasteiger partial charge in [-0.3, -0.25) is 9.59 Å². The van der Waals surface area contributed by atoms with Crippen LogP contribution in [-0.4, -0.2) is 47.4 Å². The molecule has 0 aromatic heterocycles. The summed E-state index contributed by atoms with van der Waals surface area (Å²) >= 11 is 0. The van der Waals surface area contributed by atoms with E-state index in [4.69, 9.17) is 4.74 Å². The van der Waals surface area contributed by atoms with Crippen molar-refractivity contribution < 1.29 is 24.5 Å². The molecule has 0 saturated carbocycles. The van der Waals surface area contributed by atoms with E-state index in [1.54, 1.807) is 0 Å². The van der Waals surface area contributed by atoms with Crippen molar-refractivity contribution in [1.82, 2.24) is 5.32 Å². The molecule has 2 unspecified atom stereocenters. The molecule has 0 rings (SSSR count). The van der Waals surface area contributed by atoms with Gasteiger partial charge in [0.25, 0.3) is 0 Å². The normalized spacial score (nSPS) is 12.8. The number of aliphatic hydroxyl groups excluding tert-OH is 2. The molecule has 0 aliphatic rings. The third-order valence-electron chi connectivity index (χ3n) is 14.2. The molecule has 0 fully saturated rings. The zero-order valence-corrected chi connectivity index (χ0v) is 46.3. The van der Waals surface area contributed by atoms with Gasteiger partial charge in [-0.05, 0) is 77.0 Å². The predicted molar refractivity (Wildman–Crippen MR) is 301 cm³/mol. The quantitative estimate of drug-likeness (QED) is 0.0321. The molecule has 0 aliphatic heterocycles. The molecule has 0 aromatic rings. The van der Waals surface area contributed by atoms with E-state index in [2.05, 4.69) is 55.6 Å². The second kappa shape index (κ2) is 58.6. The predicted octanol–water partition coefficient (Wildman–Crippen LogP) is 19.2. The van der Waals surface area contributed by atoms with Crippen molar-refractivity contribution in [1.29, 1.82) is 0 Å². The molecule has 2 atom stereocenters. The lowest BCUT2D eigenvalue weighted by Crippen LogP contribution is -2.45. The van der Waals surface area contributed by atoms with E-state index in [-0.39, 0.29) is 18.5 Å². The number of aliphatic hydroxyl groups is 2. The Bertz CT molecular complexity index is 1120. The number of hydrogen-bond donors (Lipinski definition) is 3. The van der Waals surface area contributed by atoms with Crippen LogP contribution in [0.5, 0.6) is 0 Å². The summed E-state index contributed by atoms with van der Waals surface area (Å²) in [4.78, 5) is 24.5. The number of carbonyl (C=O) groups is 2. The molecule has 1 amide bonds. The second-order valence-corrected chi connectivity index (χ2v) is 21.0. The number of carbonyl (C=O) groups excluding carboxylic acids is 2. The van der Waals surface area contributed by atoms with Gasteiger partial charge in [-0.2, -0.15) is 0 Å². The van der Waals surface area contributed by atoms with Gasteiger partial charge in [-0.25, -0.2) is 0 Å². The molecular formula is C63H119NO5. The highest BCUT2D eigenvalue weighted by atomic mass is 16.5. The third kappa shape index (κ3) is 55.2. The molecular weight excluding hydrogens is 851 g/mol. The SMILES string of the molecule is CCCC/C=C\C/C=C\CCCCCCCC(=O)OCCCCCCCC/C=C\CCCCCCCCCC(=O)NC(CO)C(O)CCCCCCCCCCCCCCCCCCCCCCC. The minimum Gasteiger partial charge on any atom is -0.466 e. The van der Waals surface area contributed by atoms with Gasteiger partial charge in [0.2, 0.25) is 5.91 Å². The molecule has 406 valence electrons. The molecule has 0 saturated heterocycles. The molecule has 69 heavy (non-hydrogen) atoms. The highest BCUT2D eigenvalue weighted by Crippen LogP contribution is 2.17. The Kier molecular flexibility index (Phi) is 57.0. The molecule has 0 radical (unpaired) electrons. The van der Waals surface area contributed by atoms with E-state index in [0.717, 1.165) is 64.2 Å². The molecule has 3 N–H and O–H groups in total. The maximum Gasteiger partial charge on any atom is 0.305 e. The van der Waals surface area contributed by atoms with Crippen molar-refractivity contribution in [3.63, 3.8) is 0 Å². The van der Waals surface area contributed by atoms with Crippen LogP contribution in [0.3, 0.4) is 0 Å². The average molecular weight is 971 g/mol. The van der Waals surface area contributed by atoms with Crippen LogP contribution in [-0.2, 0) is 14.3 Å². The van der Waals surface area contributed by atoms with Gasteiger partial charge in [0.15, 0.2) is 0 Å². The lowest BCUT2D eigenvalue weighted by atomic mass is 10.0. The zero-order valence-electron chi connectivity index (χ0n) is 46.3. The van der Waals surface area contributed by atoms with Gasteiger partial charge in [0.05, 0.1) is 25.4 Å². The number of ether oxygens (including phenoxy) is 1. The smallest absolute Gasteiger partial charge is 0.305 e. The second-order valence-electron chi connectivity index (χ2n) is 21.0. The van der Waals surface area contributed by atoms with E-state index in [9.17, 15) is 19.8 Å². The van der Waals surface area contributed by atoms with E-state index >= 15 is 0 Å². The van der Waals surface area contributed by atoms with Crippen molar-refractivity contribution in [2.45, 2.75) is 341 Å². The molecule has 0 spiro atoms. The van der Waals surface area contributed by atoms with Crippen LogP contribution in [0.2, 0.25) is 0 Å². The fourth-order valence-electron chi connectivity index (χ4n) is 9.42. The summed E-state index contributed by atoms with van der Waals surface area (Å²) in [7, 11) is 0. The van der Waals surface area contributed by atoms with Crippen molar-refractivity contribution in [2.24, 2.45) is 0 Å². The first-order chi connectivity index (χ1) is 34.0. The number of unbranched alkanes of at least 4 members (excludes halogenated alkanes) is 40. The van der Waals surface area contributed by atoms with E-state index in [1.807, 2.05) is 0 Å². The van der Waals surface area contributed by atoms with Gasteiger partial charge in [-0.15, -0.1) is 0 Å². The maximum absolute atomic E-state index is 12.5. The van der Waals surface area contributed by atoms with Gasteiger partial charge < -0.3 is 20.3 Å². The fraction of sp³-hybridized carbons (Fsp3) is 0.873. The summed E-state index contributed by atoms with van der Waals surface area (Å²) in [5.41, 5.74) is 0. The number of hydrogen-bond acceptors (Lipinski definition) is 5. The first kappa shape index (κ1) is 67.1. The minimum atomic E-state index is -0.674. The zero-order chi connectivity index (χ0) is 50.0. The van der Waals surface area contributed by atoms with Crippen LogP contribution in [0.25, 0.3) is 0 Å². The van der Waals surface area contributed by atoms with Crippen molar-refractivity contribution in [3.05, 3.63) is 36.5 Å². The molecule has 0 aromatic carbocycles. The highest BCUT2D eigenvalue weighted by Gasteiger charge is 2.20. The number of allylic oxidation sites excluding steroid dienone is 6. The summed E-state index contributed by atoms with van der Waals surface area (Å²) in [6.07, 6.45) is 72.8. The summed E-state index contributed by atoms with van der Waals surface area (Å²) in [5.74, 6) is -0.0611. The topological polar surface area (TPSA) is 95.9 Å². The van der Waals surface area contributed by atoms with Crippen LogP contribution in [0.4, 0.5) is 0 Å². The summed E-state index contributed by atoms with van der Waals surface area (Å²) in [5, 5.41) is 23.4. The molecule has 0 aliphatic carbocycles. The maximum atomic E-state index is 12.5. The van der Waals surface area contributed by atoms with Crippen molar-refractivity contribution in [3.8, 4) is 0 Å². The average Bonchev–Trinajstić information content (AvgIpc) is 3.35. The fourth-order valence-corrected chi connectivity index (χ4v) is 9.42. The summed E-state index contributed by atoms with van der Waals surface area (Å²) in [6, 6.07) is -0.552. The number of nitrogens with one attached hydrogen (secondary N) is 1. The largest absolute Gasteiger partial charge is 0.466 e. The van der Waals surface area contributed by atoms with Crippen LogP contribution in [0, 0.1) is 0 Å². The van der Waals surface area contributed by atoms with Gasteiger partial charge in [0.1, 0.15) is 0 Å². The monoisotopic (exact) mass is 970 g/mol. The van der Waals surface area contributed by atoms with Crippen LogP contribution >= 0.6 is 0 Å². The Balaban J connectivity index is 3.46. The number of amides is 1. The van der Waals surface area contributed by atoms with E-state index in [0.29, 0.717) is 25.9 Å². The third-order valence-corrected chi connectivity index (χ3v) is 14.2. The Morgan fingerprint density at radius 3 is 1.16 bits per heavy atom. The van der Waals surface area contributed by atoms with Crippen LogP contribution in [0.1, 0.15) is 328 Å². The first-order valence-electron chi connectivity index (χ1n) is 30.7.